The number of fused-ring (bicyclic) bond motifs is 1. The summed E-state index contributed by atoms with van der Waals surface area (Å²) in [5, 5.41) is 9.56. The lowest BCUT2D eigenvalue weighted by atomic mass is 9.88. The molecule has 1 aliphatic heterocycles. The topological polar surface area (TPSA) is 93.5 Å². The first kappa shape index (κ1) is 17.0. The molecule has 3 rings (SSSR count). The van der Waals surface area contributed by atoms with Crippen molar-refractivity contribution in [3.05, 3.63) is 41.3 Å². The van der Waals surface area contributed by atoms with Gasteiger partial charge in [-0.15, -0.1) is 0 Å². The number of carbonyl (C=O) groups excluding carboxylic acids is 2. The van der Waals surface area contributed by atoms with Crippen LogP contribution in [0.4, 0.5) is 16.2 Å². The van der Waals surface area contributed by atoms with Crippen molar-refractivity contribution in [2.75, 3.05) is 17.2 Å². The molecule has 25 heavy (non-hydrogen) atoms. The van der Waals surface area contributed by atoms with Gasteiger partial charge in [0.15, 0.2) is 0 Å². The average Bonchev–Trinajstić information content (AvgIpc) is 3.04. The molecule has 132 valence electrons. The summed E-state index contributed by atoms with van der Waals surface area (Å²) >= 11 is 0. The largest absolute Gasteiger partial charge is 0.450 e. The van der Waals surface area contributed by atoms with Crippen LogP contribution in [0.5, 0.6) is 0 Å². The second-order valence-electron chi connectivity index (χ2n) is 6.26. The zero-order valence-corrected chi connectivity index (χ0v) is 14.5. The van der Waals surface area contributed by atoms with E-state index >= 15 is 0 Å². The Labute approximate surface area is 145 Å². The Morgan fingerprint density at radius 2 is 2.24 bits per heavy atom. The Morgan fingerprint density at radius 3 is 2.92 bits per heavy atom. The first-order chi connectivity index (χ1) is 12.0. The van der Waals surface area contributed by atoms with Gasteiger partial charge in [0.05, 0.1) is 18.2 Å². The van der Waals surface area contributed by atoms with Crippen LogP contribution in [0.3, 0.4) is 0 Å². The van der Waals surface area contributed by atoms with E-state index in [1.807, 2.05) is 26.0 Å². The number of anilines is 2. The van der Waals surface area contributed by atoms with Gasteiger partial charge in [0, 0.05) is 23.9 Å². The van der Waals surface area contributed by atoms with E-state index in [0.717, 1.165) is 11.3 Å². The third-order valence-corrected chi connectivity index (χ3v) is 4.10. The third kappa shape index (κ3) is 3.65. The van der Waals surface area contributed by atoms with E-state index in [2.05, 4.69) is 15.8 Å². The van der Waals surface area contributed by atoms with Crippen LogP contribution in [0.25, 0.3) is 0 Å². The normalized spacial score (nSPS) is 16.3. The van der Waals surface area contributed by atoms with E-state index in [1.54, 1.807) is 19.1 Å². The van der Waals surface area contributed by atoms with Crippen LogP contribution in [0, 0.1) is 0 Å². The minimum absolute atomic E-state index is 0.103. The second kappa shape index (κ2) is 6.96. The molecule has 2 amide bonds. The Hall–Kier alpha value is -2.83. The van der Waals surface area contributed by atoms with Gasteiger partial charge in [0.1, 0.15) is 5.76 Å². The zero-order chi connectivity index (χ0) is 18.0. The first-order valence-electron chi connectivity index (χ1n) is 8.32. The molecule has 2 N–H and O–H groups in total. The third-order valence-electron chi connectivity index (χ3n) is 4.10. The quantitative estimate of drug-likeness (QED) is 0.879. The summed E-state index contributed by atoms with van der Waals surface area (Å²) in [7, 11) is 0. The van der Waals surface area contributed by atoms with Crippen LogP contribution in [0.1, 0.15) is 56.0 Å². The molecular weight excluding hydrogens is 322 g/mol. The van der Waals surface area contributed by atoms with Gasteiger partial charge in [0.2, 0.25) is 5.91 Å². The number of hydrogen-bond donors (Lipinski definition) is 2. The standard InChI is InChI=1S/C18H21N3O4/c1-4-24-18(23)19-11-5-6-12-13(8-17(22)20-15(12)7-11)16-9-14(10(2)3)21-25-16/h5-7,9-10,13H,4,8H2,1-3H3,(H,19,23)(H,20,22)/t13-/m0/s1. The number of rotatable bonds is 4. The van der Waals surface area contributed by atoms with Crippen molar-refractivity contribution in [2.24, 2.45) is 0 Å². The second-order valence-corrected chi connectivity index (χ2v) is 6.26. The lowest BCUT2D eigenvalue weighted by molar-refractivity contribution is -0.116. The summed E-state index contributed by atoms with van der Waals surface area (Å²) in [5.41, 5.74) is 3.00. The number of hydrogen-bond acceptors (Lipinski definition) is 5. The minimum Gasteiger partial charge on any atom is -0.450 e. The molecule has 1 aromatic carbocycles. The van der Waals surface area contributed by atoms with E-state index in [0.29, 0.717) is 30.2 Å². The van der Waals surface area contributed by atoms with Crippen LogP contribution in [-0.4, -0.2) is 23.8 Å². The average molecular weight is 343 g/mol. The Balaban J connectivity index is 1.89. The van der Waals surface area contributed by atoms with Gasteiger partial charge < -0.3 is 14.6 Å². The molecule has 1 aliphatic rings. The molecule has 0 aliphatic carbocycles. The number of nitrogens with one attached hydrogen (secondary N) is 2. The molecule has 0 bridgehead atoms. The van der Waals surface area contributed by atoms with Gasteiger partial charge >= 0.3 is 6.09 Å². The van der Waals surface area contributed by atoms with Gasteiger partial charge in [-0.05, 0) is 30.5 Å². The number of carbonyl (C=O) groups is 2. The van der Waals surface area contributed by atoms with Gasteiger partial charge in [-0.1, -0.05) is 25.1 Å². The highest BCUT2D eigenvalue weighted by Gasteiger charge is 2.30. The fraction of sp³-hybridized carbons (Fsp3) is 0.389. The maximum Gasteiger partial charge on any atom is 0.411 e. The molecular formula is C18H21N3O4. The van der Waals surface area contributed by atoms with Gasteiger partial charge in [-0.3, -0.25) is 10.1 Å². The molecule has 0 unspecified atom stereocenters. The van der Waals surface area contributed by atoms with Crippen LogP contribution in [0.2, 0.25) is 0 Å². The summed E-state index contributed by atoms with van der Waals surface area (Å²) in [6.45, 7) is 6.10. The molecule has 7 nitrogen and oxygen atoms in total. The summed E-state index contributed by atoms with van der Waals surface area (Å²) in [6, 6.07) is 7.27. The first-order valence-corrected chi connectivity index (χ1v) is 8.32. The maximum absolute atomic E-state index is 12.1. The van der Waals surface area contributed by atoms with Crippen molar-refractivity contribution < 1.29 is 18.8 Å². The van der Waals surface area contributed by atoms with Crippen LogP contribution in [-0.2, 0) is 9.53 Å². The molecule has 7 heteroatoms. The molecule has 0 fully saturated rings. The zero-order valence-electron chi connectivity index (χ0n) is 14.5. The van der Waals surface area contributed by atoms with Crippen LogP contribution >= 0.6 is 0 Å². The van der Waals surface area contributed by atoms with E-state index in [1.165, 1.54) is 0 Å². The Bertz CT molecular complexity index is 797. The number of nitrogens with zero attached hydrogens (tertiary/aromatic N) is 1. The molecule has 2 heterocycles. The van der Waals surface area contributed by atoms with E-state index in [-0.39, 0.29) is 17.7 Å². The highest BCUT2D eigenvalue weighted by molar-refractivity contribution is 5.96. The predicted molar refractivity (Wildman–Crippen MR) is 92.8 cm³/mol. The maximum atomic E-state index is 12.1. The predicted octanol–water partition coefficient (Wildman–Crippen LogP) is 3.84. The van der Waals surface area contributed by atoms with Crippen molar-refractivity contribution in [1.29, 1.82) is 0 Å². The fourth-order valence-corrected chi connectivity index (χ4v) is 2.82. The number of ether oxygens (including phenoxy) is 1. The summed E-state index contributed by atoms with van der Waals surface area (Å²) < 4.78 is 10.3. The molecule has 0 saturated heterocycles. The molecule has 0 spiro atoms. The highest BCUT2D eigenvalue weighted by atomic mass is 16.5. The summed E-state index contributed by atoms with van der Waals surface area (Å²) in [5.74, 6) is 0.630. The highest BCUT2D eigenvalue weighted by Crippen LogP contribution is 2.39. The molecule has 2 aromatic rings. The smallest absolute Gasteiger partial charge is 0.411 e. The van der Waals surface area contributed by atoms with Gasteiger partial charge in [-0.25, -0.2) is 4.79 Å². The Kier molecular flexibility index (Phi) is 4.74. The Morgan fingerprint density at radius 1 is 1.44 bits per heavy atom. The van der Waals surface area contributed by atoms with E-state index < -0.39 is 6.09 Å². The number of amides is 2. The lowest BCUT2D eigenvalue weighted by Crippen LogP contribution is -2.23. The van der Waals surface area contributed by atoms with Gasteiger partial charge in [-0.2, -0.15) is 0 Å². The van der Waals surface area contributed by atoms with E-state index in [9.17, 15) is 9.59 Å². The lowest BCUT2D eigenvalue weighted by Gasteiger charge is -2.24. The monoisotopic (exact) mass is 343 g/mol. The van der Waals surface area contributed by atoms with E-state index in [4.69, 9.17) is 9.26 Å². The number of aromatic nitrogens is 1. The molecule has 1 atom stereocenters. The molecule has 0 radical (unpaired) electrons. The van der Waals surface area contributed by atoms with Crippen molar-refractivity contribution in [3.8, 4) is 0 Å². The van der Waals surface area contributed by atoms with Crippen LogP contribution < -0.4 is 10.6 Å². The summed E-state index contributed by atoms with van der Waals surface area (Å²) in [4.78, 5) is 23.7. The van der Waals surface area contributed by atoms with Gasteiger partial charge in [0.25, 0.3) is 0 Å². The van der Waals surface area contributed by atoms with Crippen molar-refractivity contribution in [1.82, 2.24) is 5.16 Å². The van der Waals surface area contributed by atoms with Crippen molar-refractivity contribution in [3.63, 3.8) is 0 Å². The minimum atomic E-state index is -0.530. The number of benzene rings is 1. The fourth-order valence-electron chi connectivity index (χ4n) is 2.82. The molecule has 0 saturated carbocycles. The summed E-state index contributed by atoms with van der Waals surface area (Å²) in [6.07, 6.45) is -0.234. The van der Waals surface area contributed by atoms with Crippen molar-refractivity contribution >= 4 is 23.4 Å². The molecule has 1 aromatic heterocycles. The van der Waals surface area contributed by atoms with Crippen LogP contribution in [0.15, 0.2) is 28.8 Å². The SMILES string of the molecule is CCOC(=O)Nc1ccc2c(c1)NC(=O)C[C@@H]2c1cc(C(C)C)no1. The van der Waals surface area contributed by atoms with Crippen molar-refractivity contribution in [2.45, 2.75) is 39.0 Å².